The lowest BCUT2D eigenvalue weighted by molar-refractivity contribution is 0.404. The number of nitrogens with zero attached hydrogens (tertiary/aromatic N) is 2. The highest BCUT2D eigenvalue weighted by Gasteiger charge is 2.19. The Labute approximate surface area is 184 Å². The van der Waals surface area contributed by atoms with Crippen molar-refractivity contribution in [1.82, 2.24) is 15.1 Å². The molecule has 1 aliphatic carbocycles. The third-order valence-corrected chi connectivity index (χ3v) is 7.36. The van der Waals surface area contributed by atoms with E-state index in [1.165, 1.54) is 32.1 Å². The van der Waals surface area contributed by atoms with E-state index in [1.54, 1.807) is 35.1 Å². The highest BCUT2D eigenvalue weighted by molar-refractivity contribution is 7.92. The van der Waals surface area contributed by atoms with Crippen LogP contribution < -0.4 is 10.0 Å². The molecule has 0 amide bonds. The zero-order valence-electron chi connectivity index (χ0n) is 17.9. The SMILES string of the molecule is C[C@@H](CC1CCCC1)NCc1ccccc1NS(=O)(=O)c1ccc(-n2cccn2)cc1. The summed E-state index contributed by atoms with van der Waals surface area (Å²) in [6.45, 7) is 2.84. The third kappa shape index (κ3) is 5.54. The summed E-state index contributed by atoms with van der Waals surface area (Å²) in [6, 6.07) is 16.5. The lowest BCUT2D eigenvalue weighted by atomic mass is 9.99. The Morgan fingerprint density at radius 1 is 1.06 bits per heavy atom. The number of para-hydroxylation sites is 1. The molecule has 6 nitrogen and oxygen atoms in total. The Morgan fingerprint density at radius 2 is 1.81 bits per heavy atom. The standard InChI is InChI=1S/C24H30N4O2S/c1-19(17-20-7-2-3-8-20)25-18-21-9-4-5-10-24(21)27-31(29,30)23-13-11-22(12-14-23)28-16-6-15-26-28/h4-6,9-16,19-20,25,27H,2-3,7-8,17-18H2,1H3/t19-/m0/s1. The molecule has 0 bridgehead atoms. The van der Waals surface area contributed by atoms with Crippen molar-refractivity contribution in [3.05, 3.63) is 72.6 Å². The van der Waals surface area contributed by atoms with Gasteiger partial charge in [0.2, 0.25) is 0 Å². The minimum Gasteiger partial charge on any atom is -0.310 e. The van der Waals surface area contributed by atoms with Crippen LogP contribution in [0.3, 0.4) is 0 Å². The molecule has 1 fully saturated rings. The van der Waals surface area contributed by atoms with Gasteiger partial charge in [-0.3, -0.25) is 4.72 Å². The fourth-order valence-electron chi connectivity index (χ4n) is 4.29. The number of rotatable bonds is 9. The van der Waals surface area contributed by atoms with E-state index in [2.05, 4.69) is 22.1 Å². The van der Waals surface area contributed by atoms with Crippen LogP contribution in [-0.2, 0) is 16.6 Å². The van der Waals surface area contributed by atoms with E-state index in [0.29, 0.717) is 18.3 Å². The number of sulfonamides is 1. The van der Waals surface area contributed by atoms with Crippen LogP contribution in [0, 0.1) is 5.92 Å². The Morgan fingerprint density at radius 3 is 2.52 bits per heavy atom. The van der Waals surface area contributed by atoms with Crippen molar-refractivity contribution in [2.45, 2.75) is 56.5 Å². The van der Waals surface area contributed by atoms with Gasteiger partial charge in [0.05, 0.1) is 16.3 Å². The van der Waals surface area contributed by atoms with E-state index in [4.69, 9.17) is 0 Å². The first-order chi connectivity index (χ1) is 15.0. The fraction of sp³-hybridized carbons (Fsp3) is 0.375. The molecular weight excluding hydrogens is 408 g/mol. The summed E-state index contributed by atoms with van der Waals surface area (Å²) in [7, 11) is -3.69. The number of anilines is 1. The summed E-state index contributed by atoms with van der Waals surface area (Å²) >= 11 is 0. The van der Waals surface area contributed by atoms with Crippen LogP contribution in [0.1, 0.15) is 44.6 Å². The van der Waals surface area contributed by atoms with Gasteiger partial charge in [-0.1, -0.05) is 43.9 Å². The van der Waals surface area contributed by atoms with Gasteiger partial charge in [0.15, 0.2) is 0 Å². The van der Waals surface area contributed by atoms with Crippen LogP contribution >= 0.6 is 0 Å². The van der Waals surface area contributed by atoms with Gasteiger partial charge >= 0.3 is 0 Å². The minimum absolute atomic E-state index is 0.223. The predicted molar refractivity (Wildman–Crippen MR) is 124 cm³/mol. The molecule has 1 saturated carbocycles. The van der Waals surface area contributed by atoms with E-state index in [1.807, 2.05) is 36.5 Å². The Balaban J connectivity index is 1.42. The van der Waals surface area contributed by atoms with E-state index in [0.717, 1.165) is 17.2 Å². The molecule has 3 aromatic rings. The van der Waals surface area contributed by atoms with Crippen molar-refractivity contribution in [2.24, 2.45) is 5.92 Å². The molecular formula is C24H30N4O2S. The van der Waals surface area contributed by atoms with Crippen molar-refractivity contribution in [3.8, 4) is 5.69 Å². The molecule has 7 heteroatoms. The average Bonchev–Trinajstić information content (AvgIpc) is 3.47. The highest BCUT2D eigenvalue weighted by atomic mass is 32.2. The molecule has 164 valence electrons. The van der Waals surface area contributed by atoms with Crippen LogP contribution in [0.4, 0.5) is 5.69 Å². The van der Waals surface area contributed by atoms with Crippen molar-refractivity contribution in [1.29, 1.82) is 0 Å². The highest BCUT2D eigenvalue weighted by Crippen LogP contribution is 2.28. The number of hydrogen-bond acceptors (Lipinski definition) is 4. The molecule has 0 radical (unpaired) electrons. The van der Waals surface area contributed by atoms with Crippen LogP contribution in [0.2, 0.25) is 0 Å². The van der Waals surface area contributed by atoms with E-state index < -0.39 is 10.0 Å². The topological polar surface area (TPSA) is 76.0 Å². The van der Waals surface area contributed by atoms with E-state index in [9.17, 15) is 8.42 Å². The van der Waals surface area contributed by atoms with Crippen molar-refractivity contribution in [2.75, 3.05) is 4.72 Å². The van der Waals surface area contributed by atoms with Gasteiger partial charge in [0, 0.05) is 25.0 Å². The summed E-state index contributed by atoms with van der Waals surface area (Å²) in [5, 5.41) is 7.74. The first kappa shape index (κ1) is 21.6. The molecule has 31 heavy (non-hydrogen) atoms. The smallest absolute Gasteiger partial charge is 0.261 e. The molecule has 1 heterocycles. The van der Waals surface area contributed by atoms with Gasteiger partial charge in [-0.2, -0.15) is 5.10 Å². The first-order valence-electron chi connectivity index (χ1n) is 11.0. The van der Waals surface area contributed by atoms with Gasteiger partial charge in [0.1, 0.15) is 0 Å². The third-order valence-electron chi connectivity index (χ3n) is 5.98. The molecule has 0 aliphatic heterocycles. The largest absolute Gasteiger partial charge is 0.310 e. The maximum Gasteiger partial charge on any atom is 0.261 e. The summed E-state index contributed by atoms with van der Waals surface area (Å²) in [5.41, 5.74) is 2.36. The van der Waals surface area contributed by atoms with Gasteiger partial charge in [-0.05, 0) is 61.2 Å². The molecule has 0 saturated heterocycles. The second kappa shape index (κ2) is 9.66. The number of aromatic nitrogens is 2. The molecule has 2 N–H and O–H groups in total. The minimum atomic E-state index is -3.69. The number of benzene rings is 2. The zero-order valence-corrected chi connectivity index (χ0v) is 18.7. The van der Waals surface area contributed by atoms with Crippen LogP contribution in [0.5, 0.6) is 0 Å². The molecule has 1 aliphatic rings. The Hall–Kier alpha value is -2.64. The lowest BCUT2D eigenvalue weighted by Crippen LogP contribution is -2.28. The molecule has 4 rings (SSSR count). The first-order valence-corrected chi connectivity index (χ1v) is 12.4. The summed E-state index contributed by atoms with van der Waals surface area (Å²) < 4.78 is 30.4. The average molecular weight is 439 g/mol. The maximum absolute atomic E-state index is 13.0. The summed E-state index contributed by atoms with van der Waals surface area (Å²) in [6.07, 6.45) is 10.1. The monoisotopic (exact) mass is 438 g/mol. The van der Waals surface area contributed by atoms with Crippen LogP contribution in [0.15, 0.2) is 71.9 Å². The van der Waals surface area contributed by atoms with Gasteiger partial charge < -0.3 is 5.32 Å². The molecule has 1 aromatic heterocycles. The van der Waals surface area contributed by atoms with E-state index >= 15 is 0 Å². The maximum atomic E-state index is 13.0. The van der Waals surface area contributed by atoms with Crippen molar-refractivity contribution in [3.63, 3.8) is 0 Å². The molecule has 0 unspecified atom stereocenters. The van der Waals surface area contributed by atoms with Crippen LogP contribution in [-0.4, -0.2) is 24.2 Å². The fourth-order valence-corrected chi connectivity index (χ4v) is 5.39. The number of nitrogens with one attached hydrogen (secondary N) is 2. The Bertz CT molecular complexity index is 1070. The molecule has 0 spiro atoms. The zero-order chi connectivity index (χ0) is 21.7. The number of hydrogen-bond donors (Lipinski definition) is 2. The molecule has 1 atom stereocenters. The van der Waals surface area contributed by atoms with Crippen molar-refractivity contribution < 1.29 is 8.42 Å². The quantitative estimate of drug-likeness (QED) is 0.506. The van der Waals surface area contributed by atoms with Gasteiger partial charge in [0.25, 0.3) is 10.0 Å². The molecule has 2 aromatic carbocycles. The second-order valence-corrected chi connectivity index (χ2v) is 10.1. The second-order valence-electron chi connectivity index (χ2n) is 8.38. The van der Waals surface area contributed by atoms with Crippen LogP contribution in [0.25, 0.3) is 5.69 Å². The lowest BCUT2D eigenvalue weighted by Gasteiger charge is -2.19. The Kier molecular flexibility index (Phi) is 6.73. The predicted octanol–water partition coefficient (Wildman–Crippen LogP) is 4.73. The summed E-state index contributed by atoms with van der Waals surface area (Å²) in [5.74, 6) is 0.820. The van der Waals surface area contributed by atoms with E-state index in [-0.39, 0.29) is 4.90 Å². The summed E-state index contributed by atoms with van der Waals surface area (Å²) in [4.78, 5) is 0.223. The van der Waals surface area contributed by atoms with Gasteiger partial charge in [-0.15, -0.1) is 0 Å². The van der Waals surface area contributed by atoms with Gasteiger partial charge in [-0.25, -0.2) is 13.1 Å². The van der Waals surface area contributed by atoms with Crippen molar-refractivity contribution >= 4 is 15.7 Å². The normalized spacial score (nSPS) is 15.8.